The average Bonchev–Trinajstić information content (AvgIpc) is 3.25. The quantitative estimate of drug-likeness (QED) is 0.446. The van der Waals surface area contributed by atoms with Crippen molar-refractivity contribution < 1.29 is 21.9 Å². The molecule has 2 unspecified atom stereocenters. The van der Waals surface area contributed by atoms with Crippen LogP contribution in [0.2, 0.25) is 0 Å². The zero-order chi connectivity index (χ0) is 24.1. The number of alkyl halides is 2. The number of anilines is 1. The third kappa shape index (κ3) is 4.37. The molecule has 0 radical (unpaired) electrons. The fourth-order valence-corrected chi connectivity index (χ4v) is 4.63. The number of azo groups is 1. The lowest BCUT2D eigenvalue weighted by atomic mass is 9.81. The fourth-order valence-electron chi connectivity index (χ4n) is 3.32. The molecule has 32 heavy (non-hydrogen) atoms. The van der Waals surface area contributed by atoms with Crippen LogP contribution in [0.1, 0.15) is 52.1 Å². The number of nitrogens with zero attached hydrogens (tertiary/aromatic N) is 6. The molecule has 0 fully saturated rings. The first-order valence-corrected chi connectivity index (χ1v) is 12.0. The van der Waals surface area contributed by atoms with Crippen molar-refractivity contribution in [3.05, 3.63) is 22.7 Å². The summed E-state index contributed by atoms with van der Waals surface area (Å²) in [5.41, 5.74) is 0.824. The van der Waals surface area contributed by atoms with Gasteiger partial charge < -0.3 is 4.90 Å². The largest absolute Gasteiger partial charge is 0.371 e. The topological polar surface area (TPSA) is 92.4 Å². The Morgan fingerprint density at radius 2 is 1.88 bits per heavy atom. The minimum Gasteiger partial charge on any atom is -0.371 e. The number of likely N-dealkylation sites (N-methyl/N-ethyl adjacent to an activating group) is 1. The van der Waals surface area contributed by atoms with Crippen molar-refractivity contribution in [1.29, 1.82) is 0 Å². The predicted molar refractivity (Wildman–Crippen MR) is 119 cm³/mol. The molecule has 1 aliphatic rings. The first-order valence-electron chi connectivity index (χ1n) is 9.72. The van der Waals surface area contributed by atoms with E-state index >= 15 is 0 Å². The summed E-state index contributed by atoms with van der Waals surface area (Å²) in [5, 5.41) is 17.2. The Hall–Kier alpha value is -2.12. The Balaban J connectivity index is 2.18. The first kappa shape index (κ1) is 24.5. The molecule has 2 heterocycles. The Morgan fingerprint density at radius 3 is 2.41 bits per heavy atom. The maximum Gasteiger partial charge on any atom is 0.345 e. The van der Waals surface area contributed by atoms with E-state index in [4.69, 9.17) is 0 Å². The molecule has 2 aromatic rings. The Kier molecular flexibility index (Phi) is 6.39. The molecule has 1 aromatic heterocycles. The number of hydrogen-bond acceptors (Lipinski definition) is 9. The van der Waals surface area contributed by atoms with Gasteiger partial charge >= 0.3 is 5.76 Å². The molecule has 0 spiro atoms. The maximum atomic E-state index is 13.2. The molecule has 0 bridgehead atoms. The van der Waals surface area contributed by atoms with Crippen LogP contribution in [0.15, 0.2) is 26.7 Å². The zero-order valence-corrected chi connectivity index (χ0v) is 20.4. The van der Waals surface area contributed by atoms with Gasteiger partial charge in [0.05, 0.1) is 0 Å². The Labute approximate surface area is 189 Å². The van der Waals surface area contributed by atoms with Gasteiger partial charge in [-0.1, -0.05) is 50.3 Å². The highest BCUT2D eigenvalue weighted by Gasteiger charge is 2.41. The van der Waals surface area contributed by atoms with E-state index in [1.54, 1.807) is 6.07 Å². The van der Waals surface area contributed by atoms with E-state index in [-0.39, 0.29) is 33.4 Å². The highest BCUT2D eigenvalue weighted by molar-refractivity contribution is 7.89. The van der Waals surface area contributed by atoms with Gasteiger partial charge in [-0.3, -0.25) is 0 Å². The Bertz CT molecular complexity index is 1170. The van der Waals surface area contributed by atoms with Crippen molar-refractivity contribution in [2.24, 2.45) is 14.6 Å². The van der Waals surface area contributed by atoms with E-state index in [2.05, 4.69) is 29.2 Å². The molecule has 1 aliphatic heterocycles. The second-order valence-electron chi connectivity index (χ2n) is 9.14. The van der Waals surface area contributed by atoms with Gasteiger partial charge in [-0.25, -0.2) is 4.21 Å². The number of hydrogen-bond donors (Lipinski definition) is 0. The van der Waals surface area contributed by atoms with Gasteiger partial charge in [0, 0.05) is 29.6 Å². The monoisotopic (exact) mass is 490 g/mol. The molecule has 13 heteroatoms. The predicted octanol–water partition coefficient (Wildman–Crippen LogP) is 6.51. The van der Waals surface area contributed by atoms with Crippen LogP contribution in [0.5, 0.6) is 0 Å². The molecule has 0 amide bonds. The second kappa shape index (κ2) is 8.34. The molecule has 1 aromatic carbocycles. The van der Waals surface area contributed by atoms with Crippen LogP contribution in [0.3, 0.4) is 0 Å². The van der Waals surface area contributed by atoms with Crippen molar-refractivity contribution in [1.82, 2.24) is 10.2 Å². The lowest BCUT2D eigenvalue weighted by molar-refractivity contribution is -0.000950. The van der Waals surface area contributed by atoms with Crippen LogP contribution in [-0.4, -0.2) is 33.3 Å². The van der Waals surface area contributed by atoms with Gasteiger partial charge in [0.15, 0.2) is 0 Å². The Morgan fingerprint density at radius 1 is 1.22 bits per heavy atom. The summed E-state index contributed by atoms with van der Waals surface area (Å²) >= 11 is 1.23. The first-order chi connectivity index (χ1) is 14.7. The molecule has 0 aliphatic carbocycles. The standard InChI is InChI=1S/C19H25F3N6O2S2/c1-10-19(5,6)11-8-12(23-25-17-26-24-15(31-17)18(2,3)4)13(9-14(11)28(10)7)27-32(29,30-22)16(20)21/h8-10,16H,1-7H3. The van der Waals surface area contributed by atoms with Crippen LogP contribution in [0.25, 0.3) is 0 Å². The molecule has 3 rings (SSSR count). The minimum absolute atomic E-state index is 0.0391. The molecule has 2 atom stereocenters. The molecule has 0 saturated heterocycles. The number of benzene rings is 1. The van der Waals surface area contributed by atoms with Gasteiger partial charge in [-0.05, 0) is 29.1 Å². The average molecular weight is 491 g/mol. The van der Waals surface area contributed by atoms with Gasteiger partial charge in [-0.2, -0.15) is 13.1 Å². The number of halogens is 3. The molecule has 176 valence electrons. The smallest absolute Gasteiger partial charge is 0.345 e. The summed E-state index contributed by atoms with van der Waals surface area (Å²) < 4.78 is 57.8. The summed E-state index contributed by atoms with van der Waals surface area (Å²) in [6, 6.07) is 3.13. The van der Waals surface area contributed by atoms with Crippen LogP contribution >= 0.6 is 11.3 Å². The van der Waals surface area contributed by atoms with E-state index < -0.39 is 15.8 Å². The molecular formula is C19H25F3N6O2S2. The number of rotatable bonds is 5. The number of aromatic nitrogens is 2. The third-order valence-electron chi connectivity index (χ3n) is 5.63. The summed E-state index contributed by atoms with van der Waals surface area (Å²) in [6.07, 6.45) is 0. The maximum absolute atomic E-state index is 13.2. The van der Waals surface area contributed by atoms with Crippen molar-refractivity contribution in [2.75, 3.05) is 11.9 Å². The van der Waals surface area contributed by atoms with Crippen LogP contribution in [0.4, 0.5) is 35.5 Å². The van der Waals surface area contributed by atoms with Gasteiger partial charge in [0.25, 0.3) is 15.1 Å². The summed E-state index contributed by atoms with van der Waals surface area (Å²) in [7, 11) is -3.07. The molecule has 0 saturated carbocycles. The fraction of sp³-hybridized carbons (Fsp3) is 0.579. The highest BCUT2D eigenvalue weighted by Crippen LogP contribution is 2.49. The van der Waals surface area contributed by atoms with E-state index in [0.29, 0.717) is 5.69 Å². The third-order valence-corrected chi connectivity index (χ3v) is 7.95. The summed E-state index contributed by atoms with van der Waals surface area (Å²) in [6.45, 7) is 12.0. The van der Waals surface area contributed by atoms with Crippen LogP contribution < -0.4 is 4.90 Å². The summed E-state index contributed by atoms with van der Waals surface area (Å²) in [5.74, 6) is -3.66. The normalized spacial score (nSPS) is 20.1. The van der Waals surface area contributed by atoms with Crippen molar-refractivity contribution in [3.63, 3.8) is 0 Å². The summed E-state index contributed by atoms with van der Waals surface area (Å²) in [4.78, 5) is 1.94. The second-order valence-corrected chi connectivity index (χ2v) is 11.8. The molecule has 8 nitrogen and oxygen atoms in total. The van der Waals surface area contributed by atoms with Gasteiger partial charge in [0.2, 0.25) is 0 Å². The number of fused-ring (bicyclic) bond motifs is 1. The van der Waals surface area contributed by atoms with Crippen molar-refractivity contribution in [3.8, 4) is 0 Å². The zero-order valence-electron chi connectivity index (χ0n) is 18.8. The van der Waals surface area contributed by atoms with Gasteiger partial charge in [-0.15, -0.1) is 20.4 Å². The molecule has 0 N–H and O–H groups in total. The van der Waals surface area contributed by atoms with Crippen molar-refractivity contribution >= 4 is 43.5 Å². The van der Waals surface area contributed by atoms with Crippen molar-refractivity contribution in [2.45, 2.75) is 64.2 Å². The highest BCUT2D eigenvalue weighted by atomic mass is 32.2. The van der Waals surface area contributed by atoms with Crippen LogP contribution in [-0.2, 0) is 25.2 Å². The minimum atomic E-state index is -4.92. The SMILES string of the molecule is CC1N(C)c2cc(N=S(=O)(OF)C(F)F)c(N=Nc3nnc(C(C)(C)C)s3)cc2C1(C)C. The van der Waals surface area contributed by atoms with Crippen LogP contribution in [0, 0.1) is 0 Å². The lowest BCUT2D eigenvalue weighted by Crippen LogP contribution is -2.36. The molecular weight excluding hydrogens is 465 g/mol. The van der Waals surface area contributed by atoms with E-state index in [1.165, 1.54) is 17.4 Å². The van der Waals surface area contributed by atoms with E-state index in [9.17, 15) is 17.5 Å². The van der Waals surface area contributed by atoms with E-state index in [1.807, 2.05) is 53.5 Å². The van der Waals surface area contributed by atoms with Gasteiger partial charge in [0.1, 0.15) is 16.4 Å². The lowest BCUT2D eigenvalue weighted by Gasteiger charge is -2.28. The van der Waals surface area contributed by atoms with E-state index in [0.717, 1.165) is 10.6 Å².